The van der Waals surface area contributed by atoms with Crippen molar-refractivity contribution < 1.29 is 4.79 Å². The minimum atomic E-state index is 0.193. The van der Waals surface area contributed by atoms with Gasteiger partial charge >= 0.3 is 0 Å². The fourth-order valence-electron chi connectivity index (χ4n) is 9.31. The molecule has 5 aromatic rings. The molecule has 1 N–H and O–H groups in total. The predicted octanol–water partition coefficient (Wildman–Crippen LogP) is 8.81. The van der Waals surface area contributed by atoms with Crippen molar-refractivity contribution in [3.63, 3.8) is 0 Å². The lowest BCUT2D eigenvalue weighted by molar-refractivity contribution is -0.131. The predicted molar refractivity (Wildman–Crippen MR) is 213 cm³/mol. The summed E-state index contributed by atoms with van der Waals surface area (Å²) in [5.41, 5.74) is 11.8. The summed E-state index contributed by atoms with van der Waals surface area (Å²) < 4.78 is 0. The lowest BCUT2D eigenvalue weighted by Crippen LogP contribution is -2.40. The van der Waals surface area contributed by atoms with Crippen LogP contribution in [0.2, 0.25) is 10.0 Å². The van der Waals surface area contributed by atoms with Gasteiger partial charge in [-0.15, -0.1) is 0 Å². The monoisotopic (exact) mass is 743 g/mol. The molecule has 3 aromatic heterocycles. The second-order valence-electron chi connectivity index (χ2n) is 15.1. The van der Waals surface area contributed by atoms with Crippen LogP contribution in [-0.4, -0.2) is 51.9 Å². The summed E-state index contributed by atoms with van der Waals surface area (Å²) in [5.74, 6) is 2.02. The largest absolute Gasteiger partial charge is 0.342 e. The van der Waals surface area contributed by atoms with Crippen LogP contribution in [0.4, 0.5) is 0 Å². The number of hydrogen-bond donors (Lipinski definition) is 1. The van der Waals surface area contributed by atoms with Crippen molar-refractivity contribution in [2.75, 3.05) is 26.2 Å². The molecule has 0 spiro atoms. The van der Waals surface area contributed by atoms with Crippen molar-refractivity contribution >= 4 is 29.1 Å². The Morgan fingerprint density at radius 2 is 1.19 bits per heavy atom. The molecule has 6 nitrogen and oxygen atoms in total. The average molecular weight is 745 g/mol. The van der Waals surface area contributed by atoms with Gasteiger partial charge < -0.3 is 10.2 Å². The number of amides is 1. The maximum atomic E-state index is 12.8. The maximum absolute atomic E-state index is 12.8. The summed E-state index contributed by atoms with van der Waals surface area (Å²) in [5, 5.41) is 5.13. The number of halogens is 2. The Hall–Kier alpha value is -4.10. The molecule has 8 heteroatoms. The number of likely N-dealkylation sites (tertiary alicyclic amines) is 1. The van der Waals surface area contributed by atoms with Gasteiger partial charge in [-0.2, -0.15) is 0 Å². The minimum Gasteiger partial charge on any atom is -0.342 e. The normalized spacial score (nSPS) is 20.0. The van der Waals surface area contributed by atoms with Gasteiger partial charge in [0.1, 0.15) is 0 Å². The highest BCUT2D eigenvalue weighted by atomic mass is 35.5. The molecular weight excluding hydrogens is 697 g/mol. The van der Waals surface area contributed by atoms with Crippen LogP contribution in [0.15, 0.2) is 97.6 Å². The van der Waals surface area contributed by atoms with Crippen molar-refractivity contribution in [3.05, 3.63) is 158 Å². The van der Waals surface area contributed by atoms with E-state index >= 15 is 0 Å². The van der Waals surface area contributed by atoms with Gasteiger partial charge in [-0.3, -0.25) is 19.7 Å². The highest BCUT2D eigenvalue weighted by molar-refractivity contribution is 6.31. The van der Waals surface area contributed by atoms with Gasteiger partial charge in [0.05, 0.1) is 17.8 Å². The average Bonchev–Trinajstić information content (AvgIpc) is 3.46. The number of aryl methyl sites for hydroxylation is 4. The molecule has 2 saturated heterocycles. The van der Waals surface area contributed by atoms with Crippen LogP contribution in [0, 0.1) is 11.8 Å². The number of nitrogens with zero attached hydrogens (tertiary/aromatic N) is 4. The molecule has 1 amide bonds. The number of carbonyl (C=O) groups is 1. The molecule has 9 rings (SSSR count). The van der Waals surface area contributed by atoms with Crippen molar-refractivity contribution in [2.24, 2.45) is 11.8 Å². The van der Waals surface area contributed by atoms with E-state index in [1.807, 2.05) is 47.6 Å². The molecule has 2 atom stereocenters. The van der Waals surface area contributed by atoms with Crippen molar-refractivity contribution in [1.82, 2.24) is 25.2 Å². The first-order valence-corrected chi connectivity index (χ1v) is 20.1. The number of benzene rings is 2. The van der Waals surface area contributed by atoms with E-state index in [2.05, 4.69) is 52.8 Å². The van der Waals surface area contributed by atoms with Crippen molar-refractivity contribution in [3.8, 4) is 0 Å². The molecule has 5 heterocycles. The zero-order chi connectivity index (χ0) is 36.1. The molecule has 2 aliphatic heterocycles. The molecular formula is C45H47Cl2N5O. The minimum absolute atomic E-state index is 0.193. The molecule has 0 radical (unpaired) electrons. The Morgan fingerprint density at radius 3 is 1.74 bits per heavy atom. The standard InChI is InChI=1S/C26H26ClN3O.C19H21ClN2/c27-22-7-8-23-21(16-22)6-5-20-4-2-12-29-26(20)25(23)19-9-13-30(14-10-19)24(31)15-18-3-1-11-28-17-18;20-16-5-6-17-15(12-16)4-3-14-2-1-9-22-19(14)18(17)13-7-10-21-11-8-13/h1-4,7-8,11-12,16-17,19,25H,5-6,9-10,13-15H2;1-2,5-6,9,12-13,18,21H,3-4,7-8,10-11H2. The van der Waals surface area contributed by atoms with Crippen LogP contribution >= 0.6 is 23.2 Å². The van der Waals surface area contributed by atoms with Gasteiger partial charge in [0.15, 0.2) is 0 Å². The van der Waals surface area contributed by atoms with E-state index in [9.17, 15) is 4.79 Å². The number of pyridine rings is 3. The van der Waals surface area contributed by atoms with Crippen LogP contribution in [0.3, 0.4) is 0 Å². The van der Waals surface area contributed by atoms with Gasteiger partial charge in [0.25, 0.3) is 0 Å². The molecule has 0 bridgehead atoms. The Kier molecular flexibility index (Phi) is 11.2. The Labute approximate surface area is 323 Å². The maximum Gasteiger partial charge on any atom is 0.227 e. The van der Waals surface area contributed by atoms with Gasteiger partial charge in [-0.05, 0) is 158 Å². The molecule has 53 heavy (non-hydrogen) atoms. The van der Waals surface area contributed by atoms with Gasteiger partial charge in [0.2, 0.25) is 5.91 Å². The van der Waals surface area contributed by atoms with Crippen LogP contribution in [0.25, 0.3) is 0 Å². The van der Waals surface area contributed by atoms with Crippen molar-refractivity contribution in [1.29, 1.82) is 0 Å². The third kappa shape index (κ3) is 8.06. The molecule has 2 aliphatic carbocycles. The highest BCUT2D eigenvalue weighted by Crippen LogP contribution is 2.44. The number of fused-ring (bicyclic) bond motifs is 4. The lowest BCUT2D eigenvalue weighted by atomic mass is 9.76. The van der Waals surface area contributed by atoms with E-state index < -0.39 is 0 Å². The Balaban J connectivity index is 0.000000160. The Morgan fingerprint density at radius 1 is 0.660 bits per heavy atom. The topological polar surface area (TPSA) is 71.0 Å². The second kappa shape index (κ2) is 16.5. The third-order valence-electron chi connectivity index (χ3n) is 11.9. The molecule has 2 aromatic carbocycles. The summed E-state index contributed by atoms with van der Waals surface area (Å²) in [6.45, 7) is 3.83. The first kappa shape index (κ1) is 35.9. The van der Waals surface area contributed by atoms with Gasteiger partial charge in [0, 0.05) is 59.8 Å². The van der Waals surface area contributed by atoms with E-state index in [0.29, 0.717) is 24.2 Å². The molecule has 4 aliphatic rings. The van der Waals surface area contributed by atoms with Gasteiger partial charge in [-0.25, -0.2) is 0 Å². The summed E-state index contributed by atoms with van der Waals surface area (Å²) in [6.07, 6.45) is 16.4. The first-order valence-electron chi connectivity index (χ1n) is 19.3. The van der Waals surface area contributed by atoms with E-state index in [0.717, 1.165) is 80.3 Å². The number of rotatable bonds is 4. The van der Waals surface area contributed by atoms with Gasteiger partial charge in [-0.1, -0.05) is 53.5 Å². The zero-order valence-electron chi connectivity index (χ0n) is 30.2. The quantitative estimate of drug-likeness (QED) is 0.199. The summed E-state index contributed by atoms with van der Waals surface area (Å²) in [6, 6.07) is 25.2. The Bertz CT molecular complexity index is 2040. The fourth-order valence-corrected chi connectivity index (χ4v) is 9.70. The summed E-state index contributed by atoms with van der Waals surface area (Å²) in [4.78, 5) is 28.6. The number of aromatic nitrogens is 3. The summed E-state index contributed by atoms with van der Waals surface area (Å²) in [7, 11) is 0. The van der Waals surface area contributed by atoms with Crippen LogP contribution in [0.1, 0.15) is 87.9 Å². The lowest BCUT2D eigenvalue weighted by Gasteiger charge is -2.37. The highest BCUT2D eigenvalue weighted by Gasteiger charge is 2.35. The second-order valence-corrected chi connectivity index (χ2v) is 16.0. The molecule has 272 valence electrons. The number of nitrogens with one attached hydrogen (secondary N) is 1. The van der Waals surface area contributed by atoms with Crippen LogP contribution in [0.5, 0.6) is 0 Å². The van der Waals surface area contributed by atoms with E-state index in [1.165, 1.54) is 57.6 Å². The van der Waals surface area contributed by atoms with E-state index in [1.54, 1.807) is 12.4 Å². The molecule has 2 fully saturated rings. The number of hydrogen-bond acceptors (Lipinski definition) is 5. The SMILES string of the molecule is Clc1ccc2c(c1)CCc1cccnc1C2C1CCNCC1.O=C(Cc1cccnc1)N1CCC(C2c3ccc(Cl)cc3CCc3cccnc32)CC1. The summed E-state index contributed by atoms with van der Waals surface area (Å²) >= 11 is 12.6. The smallest absolute Gasteiger partial charge is 0.227 e. The third-order valence-corrected chi connectivity index (χ3v) is 12.4. The first-order chi connectivity index (χ1) is 26.0. The number of piperidine rings is 2. The zero-order valence-corrected chi connectivity index (χ0v) is 31.7. The number of carbonyl (C=O) groups excluding carboxylic acids is 1. The van der Waals surface area contributed by atoms with E-state index in [-0.39, 0.29) is 11.8 Å². The molecule has 0 saturated carbocycles. The van der Waals surface area contributed by atoms with Crippen molar-refractivity contribution in [2.45, 2.75) is 69.6 Å². The van der Waals surface area contributed by atoms with E-state index in [4.69, 9.17) is 33.2 Å². The van der Waals surface area contributed by atoms with Crippen LogP contribution in [-0.2, 0) is 36.9 Å². The molecule has 2 unspecified atom stereocenters. The fraction of sp³-hybridized carbons (Fsp3) is 0.378. The van der Waals surface area contributed by atoms with Crippen LogP contribution < -0.4 is 5.32 Å².